The third-order valence-corrected chi connectivity index (χ3v) is 1.49. The first-order valence-electron chi connectivity index (χ1n) is 4.45. The maximum Gasteiger partial charge on any atom is 0.252 e. The van der Waals surface area contributed by atoms with Crippen LogP contribution in [0.1, 0.15) is 26.6 Å². The van der Waals surface area contributed by atoms with Gasteiger partial charge in [0, 0.05) is 0 Å². The number of hydrogen-bond acceptors (Lipinski definition) is 4. The average molecular weight is 194 g/mol. The van der Waals surface area contributed by atoms with Crippen molar-refractivity contribution in [2.45, 2.75) is 32.9 Å². The molecule has 14 heavy (non-hydrogen) atoms. The van der Waals surface area contributed by atoms with Gasteiger partial charge in [0.2, 0.25) is 0 Å². The lowest BCUT2D eigenvalue weighted by Gasteiger charge is -2.19. The van der Waals surface area contributed by atoms with E-state index < -0.39 is 0 Å². The van der Waals surface area contributed by atoms with Crippen LogP contribution in [-0.4, -0.2) is 27.0 Å². The molecule has 1 aromatic heterocycles. The minimum absolute atomic E-state index is 0.140. The Morgan fingerprint density at radius 1 is 1.57 bits per heavy atom. The van der Waals surface area contributed by atoms with Crippen molar-refractivity contribution in [3.63, 3.8) is 0 Å². The largest absolute Gasteiger partial charge is 0.374 e. The molecule has 0 saturated heterocycles. The van der Waals surface area contributed by atoms with Crippen LogP contribution in [0.5, 0.6) is 0 Å². The predicted molar refractivity (Wildman–Crippen MR) is 50.4 cm³/mol. The molecule has 76 valence electrons. The molecule has 1 aromatic rings. The minimum Gasteiger partial charge on any atom is -0.374 e. The van der Waals surface area contributed by atoms with Crippen molar-refractivity contribution in [3.05, 3.63) is 12.2 Å². The number of nitrogens with zero attached hydrogens (tertiary/aromatic N) is 4. The number of hydrogen-bond donors (Lipinski definition) is 0. The number of rotatable bonds is 3. The summed E-state index contributed by atoms with van der Waals surface area (Å²) in [5.41, 5.74) is -0.140. The van der Waals surface area contributed by atoms with Crippen LogP contribution >= 0.6 is 0 Å². The standard InChI is InChI=1S/C9H14N4O/c1-9(2,3)14-5-4-13-7-11-8(6-10)12-13/h7H,4-5H2,1-3H3. The lowest BCUT2D eigenvalue weighted by Crippen LogP contribution is -2.22. The fourth-order valence-corrected chi connectivity index (χ4v) is 0.899. The summed E-state index contributed by atoms with van der Waals surface area (Å²) in [6.45, 7) is 7.17. The highest BCUT2D eigenvalue weighted by Crippen LogP contribution is 2.05. The van der Waals surface area contributed by atoms with Crippen LogP contribution in [0.25, 0.3) is 0 Å². The van der Waals surface area contributed by atoms with Gasteiger partial charge in [-0.25, -0.2) is 9.67 Å². The van der Waals surface area contributed by atoms with Gasteiger partial charge in [-0.15, -0.1) is 5.10 Å². The van der Waals surface area contributed by atoms with Crippen LogP contribution in [0.4, 0.5) is 0 Å². The first kappa shape index (κ1) is 10.7. The summed E-state index contributed by atoms with van der Waals surface area (Å²) in [6.07, 6.45) is 1.53. The normalized spacial score (nSPS) is 11.3. The second kappa shape index (κ2) is 4.20. The minimum atomic E-state index is -0.140. The van der Waals surface area contributed by atoms with Crippen molar-refractivity contribution >= 4 is 0 Å². The van der Waals surface area contributed by atoms with Crippen molar-refractivity contribution in [3.8, 4) is 6.07 Å². The quantitative estimate of drug-likeness (QED) is 0.719. The lowest BCUT2D eigenvalue weighted by molar-refractivity contribution is -0.00793. The molecule has 0 atom stereocenters. The first-order chi connectivity index (χ1) is 6.51. The summed E-state index contributed by atoms with van der Waals surface area (Å²) in [5, 5.41) is 12.4. The Bertz CT molecular complexity index is 331. The Balaban J connectivity index is 2.36. The molecule has 0 aliphatic heterocycles. The Morgan fingerprint density at radius 2 is 2.29 bits per heavy atom. The number of ether oxygens (including phenoxy) is 1. The van der Waals surface area contributed by atoms with Gasteiger partial charge in [0.05, 0.1) is 18.8 Å². The molecule has 0 saturated carbocycles. The summed E-state index contributed by atoms with van der Waals surface area (Å²) in [5.74, 6) is 0.195. The molecule has 0 amide bonds. The molecule has 0 spiro atoms. The van der Waals surface area contributed by atoms with Gasteiger partial charge in [-0.3, -0.25) is 0 Å². The van der Waals surface area contributed by atoms with Crippen molar-refractivity contribution < 1.29 is 4.74 Å². The van der Waals surface area contributed by atoms with E-state index >= 15 is 0 Å². The molecule has 0 bridgehead atoms. The summed E-state index contributed by atoms with van der Waals surface area (Å²) in [4.78, 5) is 3.78. The summed E-state index contributed by atoms with van der Waals surface area (Å²) < 4.78 is 7.11. The fraction of sp³-hybridized carbons (Fsp3) is 0.667. The number of nitriles is 1. The van der Waals surface area contributed by atoms with Gasteiger partial charge in [-0.05, 0) is 20.8 Å². The van der Waals surface area contributed by atoms with Crippen molar-refractivity contribution in [2.75, 3.05) is 6.61 Å². The van der Waals surface area contributed by atoms with Gasteiger partial charge in [0.25, 0.3) is 5.82 Å². The second-order valence-electron chi connectivity index (χ2n) is 3.90. The monoisotopic (exact) mass is 194 g/mol. The van der Waals surface area contributed by atoms with Crippen molar-refractivity contribution in [1.29, 1.82) is 5.26 Å². The van der Waals surface area contributed by atoms with Crippen LogP contribution in [0.3, 0.4) is 0 Å². The topological polar surface area (TPSA) is 63.7 Å². The Labute approximate surface area is 83.3 Å². The van der Waals surface area contributed by atoms with Gasteiger partial charge < -0.3 is 4.74 Å². The molecule has 0 radical (unpaired) electrons. The van der Waals surface area contributed by atoms with Crippen molar-refractivity contribution in [1.82, 2.24) is 14.8 Å². The molecule has 1 heterocycles. The SMILES string of the molecule is CC(C)(C)OCCn1cnc(C#N)n1. The lowest BCUT2D eigenvalue weighted by atomic mass is 10.2. The number of aromatic nitrogens is 3. The Hall–Kier alpha value is -1.41. The summed E-state index contributed by atoms with van der Waals surface area (Å²) in [7, 11) is 0. The van der Waals surface area contributed by atoms with Crippen LogP contribution in [-0.2, 0) is 11.3 Å². The second-order valence-corrected chi connectivity index (χ2v) is 3.90. The molecule has 0 aliphatic carbocycles. The van der Waals surface area contributed by atoms with E-state index in [-0.39, 0.29) is 11.4 Å². The van der Waals surface area contributed by atoms with Gasteiger partial charge >= 0.3 is 0 Å². The Morgan fingerprint density at radius 3 is 2.79 bits per heavy atom. The van der Waals surface area contributed by atoms with Crippen LogP contribution in [0.2, 0.25) is 0 Å². The Kier molecular flexibility index (Phi) is 3.20. The van der Waals surface area contributed by atoms with E-state index in [0.29, 0.717) is 13.2 Å². The van der Waals surface area contributed by atoms with Gasteiger partial charge in [0.15, 0.2) is 0 Å². The molecule has 0 aromatic carbocycles. The zero-order chi connectivity index (χ0) is 10.6. The maximum atomic E-state index is 8.49. The molecular weight excluding hydrogens is 180 g/mol. The highest BCUT2D eigenvalue weighted by atomic mass is 16.5. The van der Waals surface area contributed by atoms with Crippen molar-refractivity contribution in [2.24, 2.45) is 0 Å². The molecular formula is C9H14N4O. The highest BCUT2D eigenvalue weighted by Gasteiger charge is 2.09. The highest BCUT2D eigenvalue weighted by molar-refractivity contribution is 5.05. The van der Waals surface area contributed by atoms with E-state index in [9.17, 15) is 0 Å². The molecule has 5 nitrogen and oxygen atoms in total. The predicted octanol–water partition coefficient (Wildman–Crippen LogP) is 0.965. The van der Waals surface area contributed by atoms with E-state index in [1.807, 2.05) is 26.8 Å². The molecule has 1 rings (SSSR count). The smallest absolute Gasteiger partial charge is 0.252 e. The zero-order valence-electron chi connectivity index (χ0n) is 8.69. The van der Waals surface area contributed by atoms with Gasteiger partial charge in [-0.1, -0.05) is 0 Å². The van der Waals surface area contributed by atoms with E-state index in [2.05, 4.69) is 10.1 Å². The molecule has 5 heteroatoms. The van der Waals surface area contributed by atoms with E-state index in [1.165, 1.54) is 6.33 Å². The molecule has 0 unspecified atom stereocenters. The van der Waals surface area contributed by atoms with Gasteiger partial charge in [0.1, 0.15) is 12.4 Å². The fourth-order valence-electron chi connectivity index (χ4n) is 0.899. The summed E-state index contributed by atoms with van der Waals surface area (Å²) in [6, 6.07) is 1.87. The first-order valence-corrected chi connectivity index (χ1v) is 4.45. The van der Waals surface area contributed by atoms with E-state index in [1.54, 1.807) is 4.68 Å². The van der Waals surface area contributed by atoms with E-state index in [4.69, 9.17) is 10.00 Å². The van der Waals surface area contributed by atoms with E-state index in [0.717, 1.165) is 0 Å². The zero-order valence-corrected chi connectivity index (χ0v) is 8.69. The molecule has 0 N–H and O–H groups in total. The molecule has 0 aliphatic rings. The molecule has 0 fully saturated rings. The average Bonchev–Trinajstić information content (AvgIpc) is 2.50. The third-order valence-electron chi connectivity index (χ3n) is 1.49. The van der Waals surface area contributed by atoms with Gasteiger partial charge in [-0.2, -0.15) is 5.26 Å². The summed E-state index contributed by atoms with van der Waals surface area (Å²) >= 11 is 0. The third kappa shape index (κ3) is 3.54. The van der Waals surface area contributed by atoms with Crippen LogP contribution in [0.15, 0.2) is 6.33 Å². The van der Waals surface area contributed by atoms with Crippen LogP contribution < -0.4 is 0 Å². The maximum absolute atomic E-state index is 8.49. The van der Waals surface area contributed by atoms with Crippen LogP contribution in [0, 0.1) is 11.3 Å².